The van der Waals surface area contributed by atoms with E-state index in [0.29, 0.717) is 6.54 Å². The molecular weight excluding hydrogens is 228 g/mol. The van der Waals surface area contributed by atoms with Crippen LogP contribution in [0.15, 0.2) is 18.7 Å². The van der Waals surface area contributed by atoms with E-state index in [1.807, 2.05) is 4.57 Å². The van der Waals surface area contributed by atoms with Crippen LogP contribution in [0.5, 0.6) is 0 Å². The molecule has 0 amide bonds. The van der Waals surface area contributed by atoms with Gasteiger partial charge in [-0.2, -0.15) is 8.42 Å². The lowest BCUT2D eigenvalue weighted by atomic mass is 10.1. The van der Waals surface area contributed by atoms with Gasteiger partial charge < -0.3 is 4.57 Å². The molecule has 5 nitrogen and oxygen atoms in total. The van der Waals surface area contributed by atoms with Gasteiger partial charge in [-0.15, -0.1) is 0 Å². The van der Waals surface area contributed by atoms with Gasteiger partial charge in [0, 0.05) is 12.4 Å². The highest BCUT2D eigenvalue weighted by Gasteiger charge is 2.15. The van der Waals surface area contributed by atoms with Crippen molar-refractivity contribution in [1.29, 1.82) is 0 Å². The number of imidazole rings is 1. The third-order valence-electron chi connectivity index (χ3n) is 2.16. The van der Waals surface area contributed by atoms with Crippen molar-refractivity contribution in [3.8, 4) is 0 Å². The summed E-state index contributed by atoms with van der Waals surface area (Å²) in [5.41, 5.74) is 0. The van der Waals surface area contributed by atoms with Crippen molar-refractivity contribution in [2.75, 3.05) is 6.26 Å². The zero-order valence-corrected chi connectivity index (χ0v) is 10.5. The molecule has 1 unspecified atom stereocenters. The van der Waals surface area contributed by atoms with Gasteiger partial charge in [-0.3, -0.25) is 4.18 Å². The van der Waals surface area contributed by atoms with Crippen LogP contribution in [-0.4, -0.2) is 30.3 Å². The molecule has 1 rings (SSSR count). The Bertz CT molecular complexity index is 386. The smallest absolute Gasteiger partial charge is 0.264 e. The Balaban J connectivity index is 2.56. The van der Waals surface area contributed by atoms with Crippen LogP contribution >= 0.6 is 0 Å². The van der Waals surface area contributed by atoms with E-state index >= 15 is 0 Å². The van der Waals surface area contributed by atoms with E-state index in [4.69, 9.17) is 4.18 Å². The fourth-order valence-electron chi connectivity index (χ4n) is 1.48. The fourth-order valence-corrected chi connectivity index (χ4v) is 2.13. The quantitative estimate of drug-likeness (QED) is 0.683. The second kappa shape index (κ2) is 6.00. The number of nitrogens with zero attached hydrogens (tertiary/aromatic N) is 2. The van der Waals surface area contributed by atoms with Crippen molar-refractivity contribution in [1.82, 2.24) is 9.55 Å². The minimum atomic E-state index is -3.39. The van der Waals surface area contributed by atoms with Crippen LogP contribution < -0.4 is 0 Å². The summed E-state index contributed by atoms with van der Waals surface area (Å²) in [6.07, 6.45) is 8.61. The normalized spacial score (nSPS) is 13.9. The van der Waals surface area contributed by atoms with E-state index in [1.54, 1.807) is 18.7 Å². The topological polar surface area (TPSA) is 61.2 Å². The lowest BCUT2D eigenvalue weighted by Crippen LogP contribution is -2.22. The Morgan fingerprint density at radius 3 is 2.75 bits per heavy atom. The first-order valence-electron chi connectivity index (χ1n) is 5.35. The molecule has 0 bridgehead atoms. The standard InChI is InChI=1S/C10H18N2O3S/c1-3-4-5-10(15-16(2,13)14)8-12-7-6-11-9-12/h6-7,9-10H,3-5,8H2,1-2H3. The largest absolute Gasteiger partial charge is 0.335 e. The summed E-state index contributed by atoms with van der Waals surface area (Å²) < 4.78 is 29.0. The molecule has 0 saturated heterocycles. The van der Waals surface area contributed by atoms with Crippen LogP contribution in [0.3, 0.4) is 0 Å². The summed E-state index contributed by atoms with van der Waals surface area (Å²) in [4.78, 5) is 3.91. The van der Waals surface area contributed by atoms with Crippen molar-refractivity contribution >= 4 is 10.1 Å². The summed E-state index contributed by atoms with van der Waals surface area (Å²) >= 11 is 0. The first-order valence-corrected chi connectivity index (χ1v) is 7.17. The first kappa shape index (κ1) is 13.2. The van der Waals surface area contributed by atoms with Gasteiger partial charge in [0.25, 0.3) is 10.1 Å². The van der Waals surface area contributed by atoms with Gasteiger partial charge in [0.05, 0.1) is 25.2 Å². The highest BCUT2D eigenvalue weighted by Crippen LogP contribution is 2.10. The molecule has 1 atom stereocenters. The lowest BCUT2D eigenvalue weighted by molar-refractivity contribution is 0.176. The van der Waals surface area contributed by atoms with E-state index in [9.17, 15) is 8.42 Å². The average Bonchev–Trinajstić information content (AvgIpc) is 2.64. The van der Waals surface area contributed by atoms with Crippen LogP contribution in [0.1, 0.15) is 26.2 Å². The van der Waals surface area contributed by atoms with Gasteiger partial charge in [-0.1, -0.05) is 19.8 Å². The maximum atomic E-state index is 11.1. The number of aromatic nitrogens is 2. The molecule has 1 heterocycles. The molecule has 0 N–H and O–H groups in total. The molecule has 0 aliphatic carbocycles. The second-order valence-corrected chi connectivity index (χ2v) is 5.42. The van der Waals surface area contributed by atoms with Crippen molar-refractivity contribution < 1.29 is 12.6 Å². The minimum absolute atomic E-state index is 0.302. The van der Waals surface area contributed by atoms with Crippen molar-refractivity contribution in [3.63, 3.8) is 0 Å². The van der Waals surface area contributed by atoms with E-state index in [0.717, 1.165) is 25.5 Å². The summed E-state index contributed by atoms with van der Waals surface area (Å²) in [5, 5.41) is 0. The summed E-state index contributed by atoms with van der Waals surface area (Å²) in [6, 6.07) is 0. The van der Waals surface area contributed by atoms with Gasteiger partial charge in [0.15, 0.2) is 0 Å². The van der Waals surface area contributed by atoms with E-state index in [1.165, 1.54) is 0 Å². The third-order valence-corrected chi connectivity index (χ3v) is 2.79. The molecule has 0 radical (unpaired) electrons. The molecule has 0 aliphatic heterocycles. The van der Waals surface area contributed by atoms with E-state index < -0.39 is 10.1 Å². The monoisotopic (exact) mass is 246 g/mol. The van der Waals surface area contributed by atoms with Crippen LogP contribution in [-0.2, 0) is 20.8 Å². The maximum Gasteiger partial charge on any atom is 0.264 e. The van der Waals surface area contributed by atoms with Gasteiger partial charge in [0.2, 0.25) is 0 Å². The number of unbranched alkanes of at least 4 members (excludes halogenated alkanes) is 1. The second-order valence-electron chi connectivity index (χ2n) is 3.82. The Labute approximate surface area is 96.6 Å². The third kappa shape index (κ3) is 5.27. The molecule has 1 aromatic rings. The van der Waals surface area contributed by atoms with Crippen molar-refractivity contribution in [2.24, 2.45) is 0 Å². The van der Waals surface area contributed by atoms with Crippen LogP contribution in [0.25, 0.3) is 0 Å². The Morgan fingerprint density at radius 2 is 2.25 bits per heavy atom. The number of hydrogen-bond acceptors (Lipinski definition) is 4. The predicted molar refractivity (Wildman–Crippen MR) is 61.5 cm³/mol. The molecule has 0 spiro atoms. The zero-order chi connectivity index (χ0) is 12.0. The summed E-state index contributed by atoms with van der Waals surface area (Å²) in [5.74, 6) is 0. The highest BCUT2D eigenvalue weighted by atomic mass is 32.2. The molecule has 0 aromatic carbocycles. The molecule has 6 heteroatoms. The van der Waals surface area contributed by atoms with Gasteiger partial charge in [-0.05, 0) is 6.42 Å². The molecule has 1 aromatic heterocycles. The van der Waals surface area contributed by atoms with Crippen molar-refractivity contribution in [3.05, 3.63) is 18.7 Å². The maximum absolute atomic E-state index is 11.1. The van der Waals surface area contributed by atoms with Gasteiger partial charge in [0.1, 0.15) is 0 Å². The number of hydrogen-bond donors (Lipinski definition) is 0. The van der Waals surface area contributed by atoms with E-state index in [-0.39, 0.29) is 6.10 Å². The summed E-state index contributed by atoms with van der Waals surface area (Å²) in [6.45, 7) is 2.59. The molecular formula is C10H18N2O3S. The molecule has 0 fully saturated rings. The zero-order valence-electron chi connectivity index (χ0n) is 9.67. The van der Waals surface area contributed by atoms with Gasteiger partial charge >= 0.3 is 0 Å². The highest BCUT2D eigenvalue weighted by molar-refractivity contribution is 7.86. The predicted octanol–water partition coefficient (Wildman–Crippen LogP) is 1.42. The van der Waals surface area contributed by atoms with Crippen molar-refractivity contribution in [2.45, 2.75) is 38.8 Å². The summed E-state index contributed by atoms with van der Waals surface area (Å²) in [7, 11) is -3.39. The van der Waals surface area contributed by atoms with Crippen LogP contribution in [0.2, 0.25) is 0 Å². The van der Waals surface area contributed by atoms with Gasteiger partial charge in [-0.25, -0.2) is 4.98 Å². The molecule has 0 saturated carbocycles. The van der Waals surface area contributed by atoms with E-state index in [2.05, 4.69) is 11.9 Å². The average molecular weight is 246 g/mol. The number of rotatable bonds is 7. The lowest BCUT2D eigenvalue weighted by Gasteiger charge is -2.16. The minimum Gasteiger partial charge on any atom is -0.335 e. The fraction of sp³-hybridized carbons (Fsp3) is 0.700. The SMILES string of the molecule is CCCCC(Cn1ccnc1)OS(C)(=O)=O. The Kier molecular flexibility index (Phi) is 4.95. The first-order chi connectivity index (χ1) is 7.51. The Hall–Kier alpha value is -0.880. The molecule has 0 aliphatic rings. The molecule has 16 heavy (non-hydrogen) atoms. The molecule has 92 valence electrons. The van der Waals surface area contributed by atoms with Crippen LogP contribution in [0, 0.1) is 0 Å². The Morgan fingerprint density at radius 1 is 1.50 bits per heavy atom. The van der Waals surface area contributed by atoms with Crippen LogP contribution in [0.4, 0.5) is 0 Å².